The van der Waals surface area contributed by atoms with Gasteiger partial charge >= 0.3 is 0 Å². The van der Waals surface area contributed by atoms with Gasteiger partial charge in [-0.3, -0.25) is 4.79 Å². The molecule has 1 aromatic heterocycles. The highest BCUT2D eigenvalue weighted by Crippen LogP contribution is 2.07. The van der Waals surface area contributed by atoms with Gasteiger partial charge in [-0.2, -0.15) is 0 Å². The summed E-state index contributed by atoms with van der Waals surface area (Å²) in [5.41, 5.74) is 1.45. The van der Waals surface area contributed by atoms with Gasteiger partial charge in [0.1, 0.15) is 0 Å². The number of rotatable bonds is 6. The zero-order chi connectivity index (χ0) is 12.6. The van der Waals surface area contributed by atoms with Crippen LogP contribution in [0.15, 0.2) is 30.4 Å². The lowest BCUT2D eigenvalue weighted by atomic mass is 10.1. The standard InChI is InChI=1S/C13H20N4O/c18-13(4-9-17-10-8-15-11-17)16-7-3-12-1-5-14-6-2-12/h1,8,10-11,14H,2-7,9H2,(H,16,18). The average molecular weight is 248 g/mol. The molecule has 0 aromatic carbocycles. The highest BCUT2D eigenvalue weighted by Gasteiger charge is 2.04. The van der Waals surface area contributed by atoms with E-state index in [0.29, 0.717) is 13.0 Å². The Kier molecular flexibility index (Phi) is 4.96. The first kappa shape index (κ1) is 12.8. The second-order valence-electron chi connectivity index (χ2n) is 4.47. The van der Waals surface area contributed by atoms with Crippen LogP contribution < -0.4 is 10.6 Å². The molecule has 18 heavy (non-hydrogen) atoms. The summed E-state index contributed by atoms with van der Waals surface area (Å²) in [6.45, 7) is 3.46. The predicted octanol–water partition coefficient (Wildman–Crippen LogP) is 0.699. The fourth-order valence-electron chi connectivity index (χ4n) is 2.00. The second-order valence-corrected chi connectivity index (χ2v) is 4.47. The Balaban J connectivity index is 1.58. The molecule has 98 valence electrons. The number of imidazole rings is 1. The van der Waals surface area contributed by atoms with E-state index in [0.717, 1.165) is 32.5 Å². The van der Waals surface area contributed by atoms with Gasteiger partial charge in [-0.05, 0) is 19.4 Å². The molecular weight excluding hydrogens is 228 g/mol. The van der Waals surface area contributed by atoms with Gasteiger partial charge in [0.05, 0.1) is 6.33 Å². The van der Waals surface area contributed by atoms with Crippen LogP contribution in [0.25, 0.3) is 0 Å². The van der Waals surface area contributed by atoms with E-state index in [2.05, 4.69) is 21.7 Å². The SMILES string of the molecule is O=C(CCn1ccnc1)NCCC1=CCNCC1. The summed E-state index contributed by atoms with van der Waals surface area (Å²) in [7, 11) is 0. The molecule has 2 N–H and O–H groups in total. The normalized spacial score (nSPS) is 15.2. The van der Waals surface area contributed by atoms with Gasteiger partial charge in [0.15, 0.2) is 0 Å². The van der Waals surface area contributed by atoms with E-state index >= 15 is 0 Å². The Labute approximate surface area is 107 Å². The quantitative estimate of drug-likeness (QED) is 0.729. The highest BCUT2D eigenvalue weighted by molar-refractivity contribution is 5.75. The first-order valence-electron chi connectivity index (χ1n) is 6.45. The lowest BCUT2D eigenvalue weighted by molar-refractivity contribution is -0.121. The Morgan fingerprint density at radius 1 is 1.56 bits per heavy atom. The molecule has 0 saturated carbocycles. The van der Waals surface area contributed by atoms with Gasteiger partial charge in [0.25, 0.3) is 0 Å². The van der Waals surface area contributed by atoms with Crippen LogP contribution in [0.5, 0.6) is 0 Å². The molecule has 1 aliphatic heterocycles. The molecule has 0 atom stereocenters. The average Bonchev–Trinajstić information content (AvgIpc) is 2.91. The zero-order valence-corrected chi connectivity index (χ0v) is 10.6. The first-order valence-corrected chi connectivity index (χ1v) is 6.45. The Bertz CT molecular complexity index is 397. The van der Waals surface area contributed by atoms with Crippen molar-refractivity contribution in [1.29, 1.82) is 0 Å². The first-order chi connectivity index (χ1) is 8.84. The summed E-state index contributed by atoms with van der Waals surface area (Å²) in [4.78, 5) is 15.5. The molecule has 0 aliphatic carbocycles. The third kappa shape index (κ3) is 4.33. The maximum Gasteiger partial charge on any atom is 0.221 e. The fourth-order valence-corrected chi connectivity index (χ4v) is 2.00. The third-order valence-electron chi connectivity index (χ3n) is 3.08. The van der Waals surface area contributed by atoms with Crippen molar-refractivity contribution in [3.05, 3.63) is 30.4 Å². The van der Waals surface area contributed by atoms with Crippen molar-refractivity contribution >= 4 is 5.91 Å². The topological polar surface area (TPSA) is 59.0 Å². The van der Waals surface area contributed by atoms with Gasteiger partial charge < -0.3 is 15.2 Å². The van der Waals surface area contributed by atoms with Gasteiger partial charge in [-0.15, -0.1) is 0 Å². The number of hydrogen-bond acceptors (Lipinski definition) is 3. The van der Waals surface area contributed by atoms with E-state index in [1.165, 1.54) is 5.57 Å². The Hall–Kier alpha value is -1.62. The molecule has 0 bridgehead atoms. The molecule has 1 aliphatic rings. The number of aryl methyl sites for hydroxylation is 1. The zero-order valence-electron chi connectivity index (χ0n) is 10.6. The number of nitrogens with zero attached hydrogens (tertiary/aromatic N) is 2. The Morgan fingerprint density at radius 3 is 3.22 bits per heavy atom. The summed E-state index contributed by atoms with van der Waals surface area (Å²) in [6, 6.07) is 0. The largest absolute Gasteiger partial charge is 0.356 e. The molecule has 0 radical (unpaired) electrons. The van der Waals surface area contributed by atoms with Crippen LogP contribution in [0.4, 0.5) is 0 Å². The second kappa shape index (κ2) is 6.96. The molecule has 1 amide bonds. The number of carbonyl (C=O) groups is 1. The van der Waals surface area contributed by atoms with Crippen LogP contribution in [0.3, 0.4) is 0 Å². The maximum atomic E-state index is 11.6. The minimum atomic E-state index is 0.109. The summed E-state index contributed by atoms with van der Waals surface area (Å²) in [6.07, 6.45) is 10.1. The lowest BCUT2D eigenvalue weighted by Gasteiger charge is -2.14. The molecule has 0 unspecified atom stereocenters. The summed E-state index contributed by atoms with van der Waals surface area (Å²) in [5, 5.41) is 6.24. The van der Waals surface area contributed by atoms with E-state index in [9.17, 15) is 4.79 Å². The van der Waals surface area contributed by atoms with Gasteiger partial charge in [-0.1, -0.05) is 11.6 Å². The van der Waals surface area contributed by atoms with Gasteiger partial charge in [0, 0.05) is 38.4 Å². The van der Waals surface area contributed by atoms with Gasteiger partial charge in [-0.25, -0.2) is 4.98 Å². The van der Waals surface area contributed by atoms with E-state index in [1.807, 2.05) is 10.8 Å². The van der Waals surface area contributed by atoms with Crippen molar-refractivity contribution in [2.45, 2.75) is 25.8 Å². The van der Waals surface area contributed by atoms with Crippen molar-refractivity contribution < 1.29 is 4.79 Å². The number of carbonyl (C=O) groups excluding carboxylic acids is 1. The van der Waals surface area contributed by atoms with E-state index in [4.69, 9.17) is 0 Å². The number of nitrogens with one attached hydrogen (secondary N) is 2. The smallest absolute Gasteiger partial charge is 0.221 e. The minimum Gasteiger partial charge on any atom is -0.356 e. The predicted molar refractivity (Wildman–Crippen MR) is 70.0 cm³/mol. The van der Waals surface area contributed by atoms with Crippen molar-refractivity contribution in [1.82, 2.24) is 20.2 Å². The van der Waals surface area contributed by atoms with E-state index < -0.39 is 0 Å². The maximum absolute atomic E-state index is 11.6. The molecule has 2 rings (SSSR count). The third-order valence-corrected chi connectivity index (χ3v) is 3.08. The number of hydrogen-bond donors (Lipinski definition) is 2. The molecular formula is C13H20N4O. The minimum absolute atomic E-state index is 0.109. The van der Waals surface area contributed by atoms with Crippen LogP contribution in [-0.2, 0) is 11.3 Å². The van der Waals surface area contributed by atoms with Crippen molar-refractivity contribution in [3.63, 3.8) is 0 Å². The van der Waals surface area contributed by atoms with Crippen LogP contribution in [0.1, 0.15) is 19.3 Å². The van der Waals surface area contributed by atoms with Crippen molar-refractivity contribution in [2.24, 2.45) is 0 Å². The molecule has 0 spiro atoms. The molecule has 5 heteroatoms. The highest BCUT2D eigenvalue weighted by atomic mass is 16.1. The molecule has 1 aromatic rings. The number of amides is 1. The molecule has 0 saturated heterocycles. The fraction of sp³-hybridized carbons (Fsp3) is 0.538. The van der Waals surface area contributed by atoms with Crippen LogP contribution in [0.2, 0.25) is 0 Å². The van der Waals surface area contributed by atoms with Crippen LogP contribution in [0, 0.1) is 0 Å². The van der Waals surface area contributed by atoms with Crippen molar-refractivity contribution in [3.8, 4) is 0 Å². The summed E-state index contributed by atoms with van der Waals surface area (Å²) in [5.74, 6) is 0.109. The molecule has 5 nitrogen and oxygen atoms in total. The van der Waals surface area contributed by atoms with Crippen LogP contribution in [-0.4, -0.2) is 35.1 Å². The summed E-state index contributed by atoms with van der Waals surface area (Å²) >= 11 is 0. The van der Waals surface area contributed by atoms with E-state index in [-0.39, 0.29) is 5.91 Å². The molecule has 2 heterocycles. The van der Waals surface area contributed by atoms with Crippen molar-refractivity contribution in [2.75, 3.05) is 19.6 Å². The number of aromatic nitrogens is 2. The molecule has 0 fully saturated rings. The summed E-state index contributed by atoms with van der Waals surface area (Å²) < 4.78 is 1.91. The van der Waals surface area contributed by atoms with E-state index in [1.54, 1.807) is 12.5 Å². The Morgan fingerprint density at radius 2 is 2.50 bits per heavy atom. The van der Waals surface area contributed by atoms with Gasteiger partial charge in [0.2, 0.25) is 5.91 Å². The lowest BCUT2D eigenvalue weighted by Crippen LogP contribution is -2.27. The van der Waals surface area contributed by atoms with Crippen LogP contribution >= 0.6 is 0 Å². The monoisotopic (exact) mass is 248 g/mol.